The molecule has 1 amide bonds. The Balaban J connectivity index is 1.97. The van der Waals surface area contributed by atoms with Crippen molar-refractivity contribution in [3.05, 3.63) is 93.6 Å². The minimum Gasteiger partial charge on any atom is -0.496 e. The number of rotatable bonds is 4. The second kappa shape index (κ2) is 8.05. The molecule has 0 spiro atoms. The van der Waals surface area contributed by atoms with Crippen LogP contribution in [0, 0.1) is 0 Å². The number of pyridine rings is 1. The number of benzene rings is 3. The summed E-state index contributed by atoms with van der Waals surface area (Å²) >= 11 is 5.94. The second-order valence-electron chi connectivity index (χ2n) is 6.79. The molecule has 0 atom stereocenters. The Morgan fingerprint density at radius 3 is 2.37 bits per heavy atom. The number of amides is 1. The van der Waals surface area contributed by atoms with Crippen molar-refractivity contribution in [3.63, 3.8) is 0 Å². The number of aryl methyl sites for hydroxylation is 1. The van der Waals surface area contributed by atoms with E-state index >= 15 is 0 Å². The van der Waals surface area contributed by atoms with Crippen LogP contribution in [0.15, 0.2) is 77.6 Å². The number of methoxy groups -OCH3 is 1. The summed E-state index contributed by atoms with van der Waals surface area (Å²) in [6, 6.07) is 21.1. The molecule has 0 radical (unpaired) electrons. The van der Waals surface area contributed by atoms with Crippen molar-refractivity contribution in [2.75, 3.05) is 12.4 Å². The fraction of sp³-hybridized carbons (Fsp3) is 0.0833. The molecule has 0 bridgehead atoms. The Morgan fingerprint density at radius 1 is 0.967 bits per heavy atom. The van der Waals surface area contributed by atoms with Crippen molar-refractivity contribution in [2.45, 2.75) is 0 Å². The molecule has 0 aliphatic rings. The highest BCUT2D eigenvalue weighted by Crippen LogP contribution is 2.34. The zero-order chi connectivity index (χ0) is 21.3. The lowest BCUT2D eigenvalue weighted by Gasteiger charge is -2.19. The molecule has 1 aromatic heterocycles. The predicted molar refractivity (Wildman–Crippen MR) is 121 cm³/mol. The van der Waals surface area contributed by atoms with E-state index in [2.05, 4.69) is 5.32 Å². The quantitative estimate of drug-likeness (QED) is 0.500. The minimum atomic E-state index is -0.340. The molecule has 3 aromatic carbocycles. The molecule has 0 aliphatic heterocycles. The van der Waals surface area contributed by atoms with Gasteiger partial charge in [0.2, 0.25) is 0 Å². The normalized spacial score (nSPS) is 10.8. The Labute approximate surface area is 178 Å². The van der Waals surface area contributed by atoms with Crippen molar-refractivity contribution in [3.8, 4) is 16.9 Å². The Bertz CT molecular complexity index is 1310. The van der Waals surface area contributed by atoms with Gasteiger partial charge < -0.3 is 14.6 Å². The number of halogens is 1. The van der Waals surface area contributed by atoms with Gasteiger partial charge in [-0.3, -0.25) is 9.59 Å². The number of aromatic nitrogens is 1. The van der Waals surface area contributed by atoms with Crippen molar-refractivity contribution < 1.29 is 9.53 Å². The molecule has 0 aliphatic carbocycles. The maximum absolute atomic E-state index is 13.5. The average Bonchev–Trinajstić information content (AvgIpc) is 2.78. The molecule has 0 saturated heterocycles. The molecule has 4 rings (SSSR count). The Kier molecular flexibility index (Phi) is 5.29. The highest BCUT2D eigenvalue weighted by Gasteiger charge is 2.21. The number of nitrogens with zero attached hydrogens (tertiary/aromatic N) is 1. The predicted octanol–water partition coefficient (Wildman–Crippen LogP) is 5.12. The number of carbonyl (C=O) groups excluding carboxylic acids is 1. The van der Waals surface area contributed by atoms with Crippen molar-refractivity contribution >= 4 is 34.2 Å². The topological polar surface area (TPSA) is 60.3 Å². The van der Waals surface area contributed by atoms with Crippen molar-refractivity contribution in [2.24, 2.45) is 7.05 Å². The molecule has 0 fully saturated rings. The number of para-hydroxylation sites is 2. The second-order valence-corrected chi connectivity index (χ2v) is 7.23. The summed E-state index contributed by atoms with van der Waals surface area (Å²) in [5.41, 5.74) is 1.95. The van der Waals surface area contributed by atoms with Gasteiger partial charge in [-0.25, -0.2) is 0 Å². The summed E-state index contributed by atoms with van der Waals surface area (Å²) in [6.45, 7) is 0. The zero-order valence-electron chi connectivity index (χ0n) is 16.5. The molecule has 1 N–H and O–H groups in total. The first kappa shape index (κ1) is 19.7. The minimum absolute atomic E-state index is 0.181. The van der Waals surface area contributed by atoms with Crippen molar-refractivity contribution in [1.82, 2.24) is 4.57 Å². The van der Waals surface area contributed by atoms with Gasteiger partial charge in [-0.2, -0.15) is 0 Å². The van der Waals surface area contributed by atoms with Gasteiger partial charge in [-0.1, -0.05) is 41.9 Å². The first-order valence-electron chi connectivity index (χ1n) is 9.33. The van der Waals surface area contributed by atoms with Crippen LogP contribution in [0.3, 0.4) is 0 Å². The van der Waals surface area contributed by atoms with E-state index in [1.54, 1.807) is 43.5 Å². The number of fused-ring (bicyclic) bond motifs is 1. The molecule has 30 heavy (non-hydrogen) atoms. The molecular weight excluding hydrogens is 400 g/mol. The average molecular weight is 419 g/mol. The summed E-state index contributed by atoms with van der Waals surface area (Å²) < 4.78 is 7.30. The number of nitrogens with one attached hydrogen (secondary N) is 1. The van der Waals surface area contributed by atoms with Crippen LogP contribution in [0.4, 0.5) is 5.82 Å². The van der Waals surface area contributed by atoms with Crippen LogP contribution in [0.2, 0.25) is 5.02 Å². The van der Waals surface area contributed by atoms with Crippen LogP contribution >= 0.6 is 11.6 Å². The van der Waals surface area contributed by atoms with Gasteiger partial charge in [-0.15, -0.1) is 0 Å². The fourth-order valence-corrected chi connectivity index (χ4v) is 3.64. The number of ether oxygens (including phenoxy) is 1. The molecule has 0 unspecified atom stereocenters. The molecule has 6 heteroatoms. The van der Waals surface area contributed by atoms with E-state index in [4.69, 9.17) is 16.3 Å². The standard InChI is InChI=1S/C24H19ClN2O3/c1-27-19-9-5-3-7-17(19)22(28)21(18-8-4-6-10-20(18)30-2)23(27)26-24(29)15-11-13-16(25)14-12-15/h3-14H,1-2H3,(H,26,29). The van der Waals surface area contributed by atoms with Gasteiger partial charge in [-0.05, 0) is 42.5 Å². The Morgan fingerprint density at radius 2 is 1.63 bits per heavy atom. The maximum atomic E-state index is 13.5. The molecule has 1 heterocycles. The number of hydrogen-bond donors (Lipinski definition) is 1. The molecule has 0 saturated carbocycles. The van der Waals surface area contributed by atoms with E-state index in [1.165, 1.54) is 0 Å². The Hall–Kier alpha value is -3.57. The molecule has 5 nitrogen and oxygen atoms in total. The first-order chi connectivity index (χ1) is 14.5. The SMILES string of the molecule is COc1ccccc1-c1c(NC(=O)c2ccc(Cl)cc2)n(C)c2ccccc2c1=O. The smallest absolute Gasteiger partial charge is 0.256 e. The van der Waals surface area contributed by atoms with E-state index in [0.717, 1.165) is 0 Å². The largest absolute Gasteiger partial charge is 0.496 e. The van der Waals surface area contributed by atoms with Crippen LogP contribution in [0.5, 0.6) is 5.75 Å². The summed E-state index contributed by atoms with van der Waals surface area (Å²) in [5, 5.41) is 4.02. The van der Waals surface area contributed by atoms with E-state index < -0.39 is 0 Å². The molecule has 150 valence electrons. The van der Waals surface area contributed by atoms with Crippen LogP contribution < -0.4 is 15.5 Å². The third-order valence-electron chi connectivity index (χ3n) is 5.02. The van der Waals surface area contributed by atoms with Crippen LogP contribution in [-0.2, 0) is 7.05 Å². The van der Waals surface area contributed by atoms with Gasteiger partial charge in [0.05, 0.1) is 18.2 Å². The van der Waals surface area contributed by atoms with E-state index in [0.29, 0.717) is 44.2 Å². The van der Waals surface area contributed by atoms with Gasteiger partial charge in [0.1, 0.15) is 11.6 Å². The molecule has 4 aromatic rings. The van der Waals surface area contributed by atoms with Crippen LogP contribution in [0.25, 0.3) is 22.0 Å². The summed E-state index contributed by atoms with van der Waals surface area (Å²) in [4.78, 5) is 26.5. The van der Waals surface area contributed by atoms with E-state index in [1.807, 2.05) is 48.0 Å². The summed E-state index contributed by atoms with van der Waals surface area (Å²) in [5.74, 6) is 0.600. The lowest BCUT2D eigenvalue weighted by Crippen LogP contribution is -2.21. The third kappa shape index (κ3) is 3.44. The van der Waals surface area contributed by atoms with Gasteiger partial charge in [0.15, 0.2) is 5.43 Å². The van der Waals surface area contributed by atoms with Gasteiger partial charge in [0.25, 0.3) is 5.91 Å². The van der Waals surface area contributed by atoms with Gasteiger partial charge >= 0.3 is 0 Å². The molecular formula is C24H19ClN2O3. The van der Waals surface area contributed by atoms with Crippen molar-refractivity contribution in [1.29, 1.82) is 0 Å². The third-order valence-corrected chi connectivity index (χ3v) is 5.28. The first-order valence-corrected chi connectivity index (χ1v) is 9.71. The number of hydrogen-bond acceptors (Lipinski definition) is 3. The zero-order valence-corrected chi connectivity index (χ0v) is 17.2. The van der Waals surface area contributed by atoms with E-state index in [-0.39, 0.29) is 11.3 Å². The summed E-state index contributed by atoms with van der Waals surface area (Å²) in [7, 11) is 3.37. The lowest BCUT2D eigenvalue weighted by atomic mass is 10.0. The maximum Gasteiger partial charge on any atom is 0.256 e. The number of anilines is 1. The van der Waals surface area contributed by atoms with E-state index in [9.17, 15) is 9.59 Å². The summed E-state index contributed by atoms with van der Waals surface area (Å²) in [6.07, 6.45) is 0. The highest BCUT2D eigenvalue weighted by molar-refractivity contribution is 6.30. The van der Waals surface area contributed by atoms with Crippen LogP contribution in [0.1, 0.15) is 10.4 Å². The monoisotopic (exact) mass is 418 g/mol. The highest BCUT2D eigenvalue weighted by atomic mass is 35.5. The number of carbonyl (C=O) groups is 1. The van der Waals surface area contributed by atoms with Gasteiger partial charge in [0, 0.05) is 28.6 Å². The lowest BCUT2D eigenvalue weighted by molar-refractivity contribution is 0.102. The van der Waals surface area contributed by atoms with Crippen LogP contribution in [-0.4, -0.2) is 17.6 Å². The fourth-order valence-electron chi connectivity index (χ4n) is 3.52.